The van der Waals surface area contributed by atoms with Crippen LogP contribution >= 0.6 is 0 Å². The fourth-order valence-electron chi connectivity index (χ4n) is 0.793. The number of carbonyl (C=O) groups is 1. The van der Waals surface area contributed by atoms with E-state index in [-0.39, 0.29) is 11.9 Å². The van der Waals surface area contributed by atoms with E-state index in [9.17, 15) is 4.79 Å². The van der Waals surface area contributed by atoms with E-state index in [1.54, 1.807) is 0 Å². The molecule has 0 radical (unpaired) electrons. The highest BCUT2D eigenvalue weighted by Crippen LogP contribution is 2.29. The van der Waals surface area contributed by atoms with Gasteiger partial charge in [-0.2, -0.15) is 0 Å². The molecule has 1 aliphatic carbocycles. The molecule has 64 valence electrons. The lowest BCUT2D eigenvalue weighted by Gasteiger charge is -2.07. The van der Waals surface area contributed by atoms with Crippen molar-refractivity contribution in [3.05, 3.63) is 0 Å². The molecule has 0 amide bonds. The van der Waals surface area contributed by atoms with E-state index < -0.39 is 0 Å². The topological polar surface area (TPSA) is 26.3 Å². The molecule has 2 nitrogen and oxygen atoms in total. The van der Waals surface area contributed by atoms with Crippen molar-refractivity contribution in [2.45, 2.75) is 33.1 Å². The Hall–Kier alpha value is -0.530. The fraction of sp³-hybridized carbons (Fsp3) is 0.889. The summed E-state index contributed by atoms with van der Waals surface area (Å²) in [5, 5.41) is 0. The van der Waals surface area contributed by atoms with Gasteiger partial charge < -0.3 is 4.74 Å². The van der Waals surface area contributed by atoms with Crippen molar-refractivity contribution in [2.75, 3.05) is 6.61 Å². The third kappa shape index (κ3) is 2.91. The Morgan fingerprint density at radius 1 is 1.64 bits per heavy atom. The first-order valence-corrected chi connectivity index (χ1v) is 4.40. The van der Waals surface area contributed by atoms with E-state index in [0.717, 1.165) is 6.42 Å². The second-order valence-corrected chi connectivity index (χ2v) is 3.38. The smallest absolute Gasteiger partial charge is 0.308 e. The Bertz CT molecular complexity index is 138. The maximum atomic E-state index is 11.1. The van der Waals surface area contributed by atoms with Crippen molar-refractivity contribution in [3.63, 3.8) is 0 Å². The molecule has 0 aromatic carbocycles. The van der Waals surface area contributed by atoms with E-state index in [1.165, 1.54) is 12.8 Å². The minimum absolute atomic E-state index is 0.0283. The molecule has 1 saturated carbocycles. The lowest BCUT2D eigenvalue weighted by Crippen LogP contribution is -2.15. The number of ether oxygens (including phenoxy) is 1. The van der Waals surface area contributed by atoms with Crippen molar-refractivity contribution in [2.24, 2.45) is 11.8 Å². The van der Waals surface area contributed by atoms with Crippen LogP contribution in [-0.2, 0) is 9.53 Å². The molecule has 0 bridgehead atoms. The summed E-state index contributed by atoms with van der Waals surface area (Å²) in [6.07, 6.45) is 3.37. The van der Waals surface area contributed by atoms with Gasteiger partial charge in [0.15, 0.2) is 0 Å². The Kier molecular flexibility index (Phi) is 2.92. The lowest BCUT2D eigenvalue weighted by atomic mass is 10.1. The highest BCUT2D eigenvalue weighted by molar-refractivity contribution is 5.71. The number of rotatable bonds is 4. The van der Waals surface area contributed by atoms with Gasteiger partial charge in [-0.25, -0.2) is 0 Å². The van der Waals surface area contributed by atoms with Gasteiger partial charge in [-0.1, -0.05) is 13.8 Å². The van der Waals surface area contributed by atoms with Crippen LogP contribution in [-0.4, -0.2) is 12.6 Å². The molecule has 2 heteroatoms. The predicted octanol–water partition coefficient (Wildman–Crippen LogP) is 1.99. The Morgan fingerprint density at radius 2 is 2.27 bits per heavy atom. The monoisotopic (exact) mass is 156 g/mol. The standard InChI is InChI=1S/C9H16O2/c1-3-7(2)9(10)11-6-8-4-5-8/h7-8H,3-6H2,1-2H3. The maximum absolute atomic E-state index is 11.1. The molecule has 1 fully saturated rings. The van der Waals surface area contributed by atoms with Gasteiger partial charge in [0, 0.05) is 0 Å². The Morgan fingerprint density at radius 3 is 2.73 bits per heavy atom. The normalized spacial score (nSPS) is 19.5. The Balaban J connectivity index is 2.08. The van der Waals surface area contributed by atoms with Crippen molar-refractivity contribution >= 4 is 5.97 Å². The van der Waals surface area contributed by atoms with Gasteiger partial charge in [-0.3, -0.25) is 4.79 Å². The van der Waals surface area contributed by atoms with Crippen molar-refractivity contribution in [3.8, 4) is 0 Å². The van der Waals surface area contributed by atoms with Crippen LogP contribution < -0.4 is 0 Å². The highest BCUT2D eigenvalue weighted by Gasteiger charge is 2.23. The van der Waals surface area contributed by atoms with Crippen LogP contribution in [0.2, 0.25) is 0 Å². The quantitative estimate of drug-likeness (QED) is 0.582. The molecule has 1 unspecified atom stereocenters. The summed E-state index contributed by atoms with van der Waals surface area (Å²) in [5.74, 6) is 0.733. The minimum atomic E-state index is -0.0283. The van der Waals surface area contributed by atoms with Gasteiger partial charge in [0.2, 0.25) is 0 Å². The summed E-state index contributed by atoms with van der Waals surface area (Å²) in [5.41, 5.74) is 0. The summed E-state index contributed by atoms with van der Waals surface area (Å²) in [4.78, 5) is 11.1. The van der Waals surface area contributed by atoms with E-state index in [4.69, 9.17) is 4.74 Å². The van der Waals surface area contributed by atoms with Crippen LogP contribution in [0, 0.1) is 11.8 Å². The summed E-state index contributed by atoms with van der Waals surface area (Å²) in [6.45, 7) is 4.57. The molecule has 0 aliphatic heterocycles. The van der Waals surface area contributed by atoms with Gasteiger partial charge in [0.05, 0.1) is 12.5 Å². The van der Waals surface area contributed by atoms with E-state index in [1.807, 2.05) is 13.8 Å². The van der Waals surface area contributed by atoms with Crippen LogP contribution in [0.3, 0.4) is 0 Å². The second-order valence-electron chi connectivity index (χ2n) is 3.38. The van der Waals surface area contributed by atoms with Crippen LogP contribution in [0.25, 0.3) is 0 Å². The maximum Gasteiger partial charge on any atom is 0.308 e. The predicted molar refractivity (Wildman–Crippen MR) is 43.1 cm³/mol. The molecular weight excluding hydrogens is 140 g/mol. The molecule has 1 rings (SSSR count). The summed E-state index contributed by atoms with van der Waals surface area (Å²) in [7, 11) is 0. The van der Waals surface area contributed by atoms with Crippen LogP contribution in [0.15, 0.2) is 0 Å². The van der Waals surface area contributed by atoms with Crippen molar-refractivity contribution < 1.29 is 9.53 Å². The first kappa shape index (κ1) is 8.57. The average molecular weight is 156 g/mol. The lowest BCUT2D eigenvalue weighted by molar-refractivity contribution is -0.148. The molecule has 11 heavy (non-hydrogen) atoms. The van der Waals surface area contributed by atoms with Crippen LogP contribution in [0.4, 0.5) is 0 Å². The first-order chi connectivity index (χ1) is 5.24. The number of hydrogen-bond donors (Lipinski definition) is 0. The van der Waals surface area contributed by atoms with Gasteiger partial charge in [-0.15, -0.1) is 0 Å². The summed E-state index contributed by atoms with van der Waals surface area (Å²) >= 11 is 0. The zero-order valence-electron chi connectivity index (χ0n) is 7.30. The van der Waals surface area contributed by atoms with E-state index >= 15 is 0 Å². The highest BCUT2D eigenvalue weighted by atomic mass is 16.5. The SMILES string of the molecule is CCC(C)C(=O)OCC1CC1. The second kappa shape index (κ2) is 3.74. The molecule has 0 saturated heterocycles. The van der Waals surface area contributed by atoms with Crippen molar-refractivity contribution in [1.82, 2.24) is 0 Å². The largest absolute Gasteiger partial charge is 0.465 e. The number of carbonyl (C=O) groups excluding carboxylic acids is 1. The van der Waals surface area contributed by atoms with Crippen molar-refractivity contribution in [1.29, 1.82) is 0 Å². The third-order valence-corrected chi connectivity index (χ3v) is 2.17. The van der Waals surface area contributed by atoms with E-state index in [2.05, 4.69) is 0 Å². The first-order valence-electron chi connectivity index (χ1n) is 4.40. The third-order valence-electron chi connectivity index (χ3n) is 2.17. The average Bonchev–Trinajstić information content (AvgIpc) is 2.81. The molecule has 0 aromatic rings. The number of esters is 1. The molecule has 0 heterocycles. The van der Waals surface area contributed by atoms with Crippen LogP contribution in [0.1, 0.15) is 33.1 Å². The summed E-state index contributed by atoms with van der Waals surface area (Å²) < 4.78 is 5.08. The Labute approximate surface area is 67.9 Å². The molecule has 1 atom stereocenters. The fourth-order valence-corrected chi connectivity index (χ4v) is 0.793. The van der Waals surface area contributed by atoms with Gasteiger partial charge >= 0.3 is 5.97 Å². The van der Waals surface area contributed by atoms with E-state index in [0.29, 0.717) is 12.5 Å². The molecule has 0 N–H and O–H groups in total. The van der Waals surface area contributed by atoms with Gasteiger partial charge in [0.1, 0.15) is 0 Å². The van der Waals surface area contributed by atoms with Gasteiger partial charge in [0.25, 0.3) is 0 Å². The molecule has 1 aliphatic rings. The molecule has 0 aromatic heterocycles. The summed E-state index contributed by atoms with van der Waals surface area (Å²) in [6, 6.07) is 0. The minimum Gasteiger partial charge on any atom is -0.465 e. The van der Waals surface area contributed by atoms with Gasteiger partial charge in [-0.05, 0) is 25.2 Å². The molecule has 0 spiro atoms. The van der Waals surface area contributed by atoms with Crippen LogP contribution in [0.5, 0.6) is 0 Å². The number of hydrogen-bond acceptors (Lipinski definition) is 2. The zero-order chi connectivity index (χ0) is 8.27. The molecular formula is C9H16O2. The zero-order valence-corrected chi connectivity index (χ0v) is 7.30.